The lowest BCUT2D eigenvalue weighted by Crippen LogP contribution is -2.39. The number of anilines is 2. The van der Waals surface area contributed by atoms with Crippen molar-refractivity contribution in [3.8, 4) is 0 Å². The summed E-state index contributed by atoms with van der Waals surface area (Å²) >= 11 is 5.70. The molecule has 2 aliphatic heterocycles. The van der Waals surface area contributed by atoms with Crippen LogP contribution in [0.5, 0.6) is 0 Å². The van der Waals surface area contributed by atoms with Crippen LogP contribution in [0.3, 0.4) is 0 Å². The van der Waals surface area contributed by atoms with Gasteiger partial charge in [0.15, 0.2) is 0 Å². The van der Waals surface area contributed by atoms with Crippen molar-refractivity contribution in [1.29, 1.82) is 0 Å². The zero-order chi connectivity index (χ0) is 18.5. The molecule has 8 heteroatoms. The zero-order valence-electron chi connectivity index (χ0n) is 13.8. The lowest BCUT2D eigenvalue weighted by molar-refractivity contribution is -0.119. The largest absolute Gasteiger partial charge is 0.312 e. The van der Waals surface area contributed by atoms with E-state index in [0.29, 0.717) is 25.1 Å². The van der Waals surface area contributed by atoms with Crippen LogP contribution in [0.25, 0.3) is 0 Å². The maximum atomic E-state index is 13.3. The van der Waals surface area contributed by atoms with Crippen molar-refractivity contribution in [2.45, 2.75) is 30.6 Å². The Labute approximate surface area is 155 Å². The van der Waals surface area contributed by atoms with Crippen molar-refractivity contribution in [2.24, 2.45) is 0 Å². The molecule has 4 rings (SSSR count). The molecule has 0 atom stereocenters. The first-order valence-electron chi connectivity index (χ1n) is 8.29. The molecule has 2 aliphatic rings. The average molecular weight is 395 g/mol. The molecule has 0 fully saturated rings. The number of amides is 1. The van der Waals surface area contributed by atoms with Crippen LogP contribution in [0.4, 0.5) is 15.8 Å². The van der Waals surface area contributed by atoms with Crippen LogP contribution in [0, 0.1) is 5.82 Å². The van der Waals surface area contributed by atoms with Gasteiger partial charge < -0.3 is 4.90 Å². The summed E-state index contributed by atoms with van der Waals surface area (Å²) in [5.74, 6) is -0.554. The standard InChI is InChI=1S/C18H16ClFN2O3S/c19-15-10-14(4-5-16(15)20)26(24,25)21-13-8-11-2-1-7-22-17(23)6-3-12(9-13)18(11)22/h4-5,8-10,21H,1-3,6-7H2. The summed E-state index contributed by atoms with van der Waals surface area (Å²) in [5, 5.41) is -0.248. The van der Waals surface area contributed by atoms with Crippen LogP contribution in [0.1, 0.15) is 24.0 Å². The van der Waals surface area contributed by atoms with E-state index in [-0.39, 0.29) is 15.8 Å². The van der Waals surface area contributed by atoms with Crippen molar-refractivity contribution in [2.75, 3.05) is 16.2 Å². The lowest BCUT2D eigenvalue weighted by atomic mass is 9.91. The van der Waals surface area contributed by atoms with Gasteiger partial charge in [0.1, 0.15) is 5.82 Å². The fourth-order valence-corrected chi connectivity index (χ4v) is 4.88. The van der Waals surface area contributed by atoms with Crippen LogP contribution in [0.15, 0.2) is 35.2 Å². The minimum Gasteiger partial charge on any atom is -0.312 e. The number of aryl methyl sites for hydroxylation is 2. The Balaban J connectivity index is 1.71. The molecular formula is C18H16ClFN2O3S. The fourth-order valence-electron chi connectivity index (χ4n) is 3.57. The second kappa shape index (κ2) is 6.25. The van der Waals surface area contributed by atoms with Gasteiger partial charge in [-0.2, -0.15) is 0 Å². The van der Waals surface area contributed by atoms with Crippen LogP contribution in [-0.2, 0) is 27.7 Å². The number of nitrogens with zero attached hydrogens (tertiary/aromatic N) is 1. The van der Waals surface area contributed by atoms with E-state index in [1.807, 2.05) is 0 Å². The number of benzene rings is 2. The number of hydrogen-bond donors (Lipinski definition) is 1. The van der Waals surface area contributed by atoms with E-state index in [1.54, 1.807) is 17.0 Å². The van der Waals surface area contributed by atoms with Crippen LogP contribution in [-0.4, -0.2) is 20.9 Å². The average Bonchev–Trinajstić information content (AvgIpc) is 2.60. The Morgan fingerprint density at radius 2 is 1.81 bits per heavy atom. The maximum absolute atomic E-state index is 13.3. The summed E-state index contributed by atoms with van der Waals surface area (Å²) in [5.41, 5.74) is 3.31. The van der Waals surface area contributed by atoms with Crippen LogP contribution >= 0.6 is 11.6 Å². The monoisotopic (exact) mass is 394 g/mol. The maximum Gasteiger partial charge on any atom is 0.261 e. The summed E-state index contributed by atoms with van der Waals surface area (Å²) in [7, 11) is -3.89. The zero-order valence-corrected chi connectivity index (χ0v) is 15.3. The molecule has 136 valence electrons. The molecule has 1 N–H and O–H groups in total. The van der Waals surface area contributed by atoms with Gasteiger partial charge in [0, 0.05) is 18.7 Å². The van der Waals surface area contributed by atoms with Gasteiger partial charge >= 0.3 is 0 Å². The molecule has 0 unspecified atom stereocenters. The predicted octanol–water partition coefficient (Wildman–Crippen LogP) is 3.51. The summed E-state index contributed by atoms with van der Waals surface area (Å²) in [4.78, 5) is 13.8. The topological polar surface area (TPSA) is 66.5 Å². The van der Waals surface area contributed by atoms with Gasteiger partial charge in [0.2, 0.25) is 5.91 Å². The van der Waals surface area contributed by atoms with E-state index >= 15 is 0 Å². The molecule has 0 aliphatic carbocycles. The molecule has 5 nitrogen and oxygen atoms in total. The first-order valence-corrected chi connectivity index (χ1v) is 10.2. The van der Waals surface area contributed by atoms with Crippen LogP contribution in [0.2, 0.25) is 5.02 Å². The first-order chi connectivity index (χ1) is 12.3. The summed E-state index contributed by atoms with van der Waals surface area (Å²) < 4.78 is 41.1. The van der Waals surface area contributed by atoms with E-state index < -0.39 is 15.8 Å². The van der Waals surface area contributed by atoms with E-state index in [2.05, 4.69) is 4.72 Å². The summed E-state index contributed by atoms with van der Waals surface area (Å²) in [6.45, 7) is 0.706. The normalized spacial score (nSPS) is 16.4. The lowest BCUT2D eigenvalue weighted by Gasteiger charge is -2.35. The highest BCUT2D eigenvalue weighted by Gasteiger charge is 2.30. The molecule has 2 heterocycles. The number of carbonyl (C=O) groups excluding carboxylic acids is 1. The Morgan fingerprint density at radius 1 is 1.08 bits per heavy atom. The number of nitrogens with one attached hydrogen (secondary N) is 1. The van der Waals surface area contributed by atoms with Gasteiger partial charge in [-0.1, -0.05) is 11.6 Å². The van der Waals surface area contributed by atoms with Crippen molar-refractivity contribution < 1.29 is 17.6 Å². The van der Waals surface area contributed by atoms with Gasteiger partial charge in [-0.05, 0) is 60.7 Å². The number of halogens is 2. The summed E-state index contributed by atoms with van der Waals surface area (Å²) in [6, 6.07) is 6.82. The predicted molar refractivity (Wildman–Crippen MR) is 97.7 cm³/mol. The smallest absolute Gasteiger partial charge is 0.261 e. The van der Waals surface area contributed by atoms with Crippen molar-refractivity contribution >= 4 is 38.9 Å². The Morgan fingerprint density at radius 3 is 2.54 bits per heavy atom. The molecule has 0 saturated heterocycles. The summed E-state index contributed by atoms with van der Waals surface area (Å²) in [6.07, 6.45) is 2.66. The minimum absolute atomic E-state index is 0.105. The minimum atomic E-state index is -3.89. The second-order valence-electron chi connectivity index (χ2n) is 6.47. The third-order valence-corrected chi connectivity index (χ3v) is 6.40. The Kier molecular flexibility index (Phi) is 4.16. The highest BCUT2D eigenvalue weighted by atomic mass is 35.5. The molecular weight excluding hydrogens is 379 g/mol. The van der Waals surface area contributed by atoms with E-state index in [9.17, 15) is 17.6 Å². The van der Waals surface area contributed by atoms with E-state index in [4.69, 9.17) is 11.6 Å². The number of carbonyl (C=O) groups is 1. The van der Waals surface area contributed by atoms with E-state index in [0.717, 1.165) is 41.8 Å². The third kappa shape index (κ3) is 2.95. The number of hydrogen-bond acceptors (Lipinski definition) is 3. The van der Waals surface area contributed by atoms with Gasteiger partial charge in [-0.3, -0.25) is 9.52 Å². The highest BCUT2D eigenvalue weighted by molar-refractivity contribution is 7.92. The Bertz CT molecular complexity index is 1010. The first kappa shape index (κ1) is 17.3. The van der Waals surface area contributed by atoms with Gasteiger partial charge in [-0.15, -0.1) is 0 Å². The molecule has 0 saturated carbocycles. The molecule has 0 bridgehead atoms. The van der Waals surface area contributed by atoms with Crippen molar-refractivity contribution in [3.05, 3.63) is 52.3 Å². The number of rotatable bonds is 3. The van der Waals surface area contributed by atoms with Gasteiger partial charge in [0.25, 0.3) is 10.0 Å². The SMILES string of the molecule is O=C1CCc2cc(NS(=O)(=O)c3ccc(F)c(Cl)c3)cc3c2N1CCC3. The molecule has 2 aromatic carbocycles. The van der Waals surface area contributed by atoms with Crippen LogP contribution < -0.4 is 9.62 Å². The van der Waals surface area contributed by atoms with E-state index in [1.165, 1.54) is 6.07 Å². The quantitative estimate of drug-likeness (QED) is 0.866. The molecule has 0 aromatic heterocycles. The highest BCUT2D eigenvalue weighted by Crippen LogP contribution is 2.38. The molecule has 0 spiro atoms. The molecule has 0 radical (unpaired) electrons. The van der Waals surface area contributed by atoms with Crippen molar-refractivity contribution in [3.63, 3.8) is 0 Å². The number of sulfonamides is 1. The second-order valence-corrected chi connectivity index (χ2v) is 8.56. The molecule has 1 amide bonds. The van der Waals surface area contributed by atoms with Gasteiger partial charge in [0.05, 0.1) is 15.6 Å². The third-order valence-electron chi connectivity index (χ3n) is 4.73. The van der Waals surface area contributed by atoms with Gasteiger partial charge in [-0.25, -0.2) is 12.8 Å². The molecule has 2 aromatic rings. The van der Waals surface area contributed by atoms with Crippen molar-refractivity contribution in [1.82, 2.24) is 0 Å². The fraction of sp³-hybridized carbons (Fsp3) is 0.278. The molecule has 26 heavy (non-hydrogen) atoms. The Hall–Kier alpha value is -2.12.